The highest BCUT2D eigenvalue weighted by Crippen LogP contribution is 2.24. The first-order chi connectivity index (χ1) is 5.22. The van der Waals surface area contributed by atoms with Crippen LogP contribution >= 0.6 is 31.9 Å². The van der Waals surface area contributed by atoms with Crippen LogP contribution < -0.4 is 4.74 Å². The summed E-state index contributed by atoms with van der Waals surface area (Å²) in [5, 5.41) is 0. The number of hydrogen-bond donors (Lipinski definition) is 0. The quantitative estimate of drug-likeness (QED) is 0.778. The van der Waals surface area contributed by atoms with E-state index in [2.05, 4.69) is 36.6 Å². The molecule has 0 bridgehead atoms. The summed E-state index contributed by atoms with van der Waals surface area (Å²) in [6.07, 6.45) is 0. The molecule has 0 amide bonds. The van der Waals surface area contributed by atoms with Gasteiger partial charge in [-0.3, -0.25) is 4.79 Å². The van der Waals surface area contributed by atoms with E-state index in [0.29, 0.717) is 12.2 Å². The molecule has 0 aliphatic rings. The first-order valence-electron chi connectivity index (χ1n) is 2.79. The third-order valence-electron chi connectivity index (χ3n) is 1.02. The predicted molar refractivity (Wildman–Crippen MR) is 48.5 cm³/mol. The van der Waals surface area contributed by atoms with Gasteiger partial charge in [0.25, 0.3) is 6.47 Å². The molecule has 58 valence electrons. The largest absolute Gasteiger partial charge is 0.429 e. The number of rotatable bonds is 2. The fourth-order valence-corrected chi connectivity index (χ4v) is 1.90. The molecule has 1 aromatic rings. The van der Waals surface area contributed by atoms with E-state index in [1.54, 1.807) is 12.1 Å². The Kier molecular flexibility index (Phi) is 3.08. The Hall–Kier alpha value is -0.350. The van der Waals surface area contributed by atoms with Crippen LogP contribution in [0.25, 0.3) is 0 Å². The van der Waals surface area contributed by atoms with Crippen molar-refractivity contribution in [2.24, 2.45) is 0 Å². The Morgan fingerprint density at radius 2 is 1.73 bits per heavy atom. The molecular formula is C7H4Br2O2. The summed E-state index contributed by atoms with van der Waals surface area (Å²) in [5.74, 6) is 0.515. The zero-order valence-corrected chi connectivity index (χ0v) is 8.55. The van der Waals surface area contributed by atoms with Gasteiger partial charge in [0.05, 0.1) is 0 Å². The third kappa shape index (κ3) is 2.63. The van der Waals surface area contributed by atoms with Gasteiger partial charge in [0.15, 0.2) is 0 Å². The maximum absolute atomic E-state index is 9.94. The summed E-state index contributed by atoms with van der Waals surface area (Å²) in [7, 11) is 0. The minimum absolute atomic E-state index is 0.397. The first kappa shape index (κ1) is 8.74. The second kappa shape index (κ2) is 3.88. The number of carbonyl (C=O) groups excluding carboxylic acids is 1. The van der Waals surface area contributed by atoms with E-state index in [9.17, 15) is 4.79 Å². The lowest BCUT2D eigenvalue weighted by molar-refractivity contribution is -0.120. The van der Waals surface area contributed by atoms with Gasteiger partial charge in [-0.15, -0.1) is 0 Å². The van der Waals surface area contributed by atoms with Crippen LogP contribution in [0, 0.1) is 0 Å². The highest BCUT2D eigenvalue weighted by Gasteiger charge is 1.96. The van der Waals surface area contributed by atoms with Crippen molar-refractivity contribution in [1.29, 1.82) is 0 Å². The fraction of sp³-hybridized carbons (Fsp3) is 0. The second-order valence-electron chi connectivity index (χ2n) is 1.82. The maximum atomic E-state index is 9.94. The Labute approximate surface area is 80.8 Å². The van der Waals surface area contributed by atoms with Crippen molar-refractivity contribution in [3.8, 4) is 5.75 Å². The molecule has 0 aliphatic heterocycles. The van der Waals surface area contributed by atoms with Crippen LogP contribution in [0.3, 0.4) is 0 Å². The maximum Gasteiger partial charge on any atom is 0.298 e. The molecule has 0 N–H and O–H groups in total. The molecule has 0 aliphatic carbocycles. The van der Waals surface area contributed by atoms with E-state index in [-0.39, 0.29) is 0 Å². The van der Waals surface area contributed by atoms with Crippen LogP contribution in [-0.4, -0.2) is 6.47 Å². The van der Waals surface area contributed by atoms with E-state index in [0.717, 1.165) is 8.95 Å². The molecule has 0 saturated heterocycles. The van der Waals surface area contributed by atoms with Gasteiger partial charge in [-0.1, -0.05) is 31.9 Å². The topological polar surface area (TPSA) is 26.3 Å². The molecule has 0 unspecified atom stereocenters. The Balaban J connectivity index is 2.98. The van der Waals surface area contributed by atoms with Crippen LogP contribution in [0.15, 0.2) is 27.1 Å². The van der Waals surface area contributed by atoms with Crippen LogP contribution in [-0.2, 0) is 4.79 Å². The van der Waals surface area contributed by atoms with E-state index in [4.69, 9.17) is 0 Å². The summed E-state index contributed by atoms with van der Waals surface area (Å²) >= 11 is 6.51. The smallest absolute Gasteiger partial charge is 0.298 e. The molecule has 4 heteroatoms. The van der Waals surface area contributed by atoms with Crippen LogP contribution in [0.4, 0.5) is 0 Å². The van der Waals surface area contributed by atoms with Gasteiger partial charge in [0.1, 0.15) is 5.75 Å². The van der Waals surface area contributed by atoms with Crippen molar-refractivity contribution in [3.63, 3.8) is 0 Å². The minimum atomic E-state index is 0.397. The van der Waals surface area contributed by atoms with Crippen molar-refractivity contribution in [3.05, 3.63) is 27.1 Å². The van der Waals surface area contributed by atoms with Gasteiger partial charge in [-0.2, -0.15) is 0 Å². The predicted octanol–water partition coefficient (Wildman–Crippen LogP) is 2.75. The standard InChI is InChI=1S/C7H4Br2O2/c8-5-1-6(9)3-7(2-5)11-4-10/h1-4H. The molecule has 2 nitrogen and oxygen atoms in total. The molecule has 0 radical (unpaired) electrons. The average molecular weight is 280 g/mol. The molecular weight excluding hydrogens is 276 g/mol. The van der Waals surface area contributed by atoms with E-state index < -0.39 is 0 Å². The molecule has 0 fully saturated rings. The first-order valence-corrected chi connectivity index (χ1v) is 4.37. The molecule has 0 saturated carbocycles. The lowest BCUT2D eigenvalue weighted by Gasteiger charge is -1.98. The van der Waals surface area contributed by atoms with Crippen molar-refractivity contribution in [2.75, 3.05) is 0 Å². The highest BCUT2D eigenvalue weighted by molar-refractivity contribution is 9.11. The number of benzene rings is 1. The zero-order valence-electron chi connectivity index (χ0n) is 5.38. The minimum Gasteiger partial charge on any atom is -0.429 e. The third-order valence-corrected chi connectivity index (χ3v) is 1.94. The molecule has 11 heavy (non-hydrogen) atoms. The lowest BCUT2D eigenvalue weighted by atomic mass is 10.3. The molecule has 0 aromatic heterocycles. The SMILES string of the molecule is O=COc1cc(Br)cc(Br)c1. The number of halogens is 2. The Bertz CT molecular complexity index is 253. The number of hydrogen-bond acceptors (Lipinski definition) is 2. The Morgan fingerprint density at radius 3 is 2.18 bits per heavy atom. The monoisotopic (exact) mass is 278 g/mol. The van der Waals surface area contributed by atoms with E-state index in [1.807, 2.05) is 6.07 Å². The molecule has 1 aromatic carbocycles. The summed E-state index contributed by atoms with van der Waals surface area (Å²) in [6, 6.07) is 5.27. The van der Waals surface area contributed by atoms with E-state index >= 15 is 0 Å². The summed E-state index contributed by atoms with van der Waals surface area (Å²) in [6.45, 7) is 0.397. The van der Waals surface area contributed by atoms with Crippen LogP contribution in [0.5, 0.6) is 5.75 Å². The molecule has 0 atom stereocenters. The fourth-order valence-electron chi connectivity index (χ4n) is 0.652. The van der Waals surface area contributed by atoms with Gasteiger partial charge >= 0.3 is 0 Å². The summed E-state index contributed by atoms with van der Waals surface area (Å²) < 4.78 is 6.36. The highest BCUT2D eigenvalue weighted by atomic mass is 79.9. The normalized spacial score (nSPS) is 9.27. The van der Waals surface area contributed by atoms with Gasteiger partial charge in [-0.05, 0) is 18.2 Å². The number of ether oxygens (including phenoxy) is 1. The molecule has 1 rings (SSSR count). The van der Waals surface area contributed by atoms with Gasteiger partial charge < -0.3 is 4.74 Å². The summed E-state index contributed by atoms with van der Waals surface area (Å²) in [4.78, 5) is 9.94. The van der Waals surface area contributed by atoms with Gasteiger partial charge in [0.2, 0.25) is 0 Å². The van der Waals surface area contributed by atoms with Crippen molar-refractivity contribution in [1.82, 2.24) is 0 Å². The second-order valence-corrected chi connectivity index (χ2v) is 3.65. The van der Waals surface area contributed by atoms with Gasteiger partial charge in [-0.25, -0.2) is 0 Å². The molecule has 0 spiro atoms. The molecule has 0 heterocycles. The van der Waals surface area contributed by atoms with Crippen molar-refractivity contribution in [2.45, 2.75) is 0 Å². The summed E-state index contributed by atoms with van der Waals surface area (Å²) in [5.41, 5.74) is 0. The lowest BCUT2D eigenvalue weighted by Crippen LogP contribution is -1.87. The zero-order chi connectivity index (χ0) is 8.27. The van der Waals surface area contributed by atoms with E-state index in [1.165, 1.54) is 0 Å². The Morgan fingerprint density at radius 1 is 1.18 bits per heavy atom. The van der Waals surface area contributed by atoms with Crippen LogP contribution in [0.1, 0.15) is 0 Å². The van der Waals surface area contributed by atoms with Crippen molar-refractivity contribution < 1.29 is 9.53 Å². The van der Waals surface area contributed by atoms with Crippen molar-refractivity contribution >= 4 is 38.3 Å². The number of carbonyl (C=O) groups is 1. The van der Waals surface area contributed by atoms with Crippen LogP contribution in [0.2, 0.25) is 0 Å². The average Bonchev–Trinajstić information content (AvgIpc) is 1.85. The van der Waals surface area contributed by atoms with Gasteiger partial charge in [0, 0.05) is 8.95 Å².